The molecule has 0 unspecified atom stereocenters. The lowest BCUT2D eigenvalue weighted by Crippen LogP contribution is -1.98. The summed E-state index contributed by atoms with van der Waals surface area (Å²) >= 11 is 1.53. The van der Waals surface area contributed by atoms with Crippen molar-refractivity contribution in [2.45, 2.75) is 5.03 Å². The third kappa shape index (κ3) is 2.53. The molecule has 0 radical (unpaired) electrons. The van der Waals surface area contributed by atoms with E-state index >= 15 is 0 Å². The van der Waals surface area contributed by atoms with E-state index in [0.717, 1.165) is 11.2 Å². The van der Waals surface area contributed by atoms with Crippen LogP contribution < -0.4 is 0 Å². The Morgan fingerprint density at radius 2 is 1.95 bits per heavy atom. The van der Waals surface area contributed by atoms with E-state index < -0.39 is 0 Å². The maximum atomic E-state index is 12.8. The van der Waals surface area contributed by atoms with E-state index in [9.17, 15) is 4.39 Å². The predicted octanol–water partition coefficient (Wildman–Crippen LogP) is 2.59. The molecule has 0 aliphatic heterocycles. The van der Waals surface area contributed by atoms with Gasteiger partial charge in [-0.1, -0.05) is 0 Å². The van der Waals surface area contributed by atoms with Gasteiger partial charge in [0, 0.05) is 6.20 Å². The minimum absolute atomic E-state index is 0.375. The first-order chi connectivity index (χ1) is 9.76. The van der Waals surface area contributed by atoms with Crippen molar-refractivity contribution in [3.05, 3.63) is 48.5 Å². The number of thioether (sulfide) groups is 1. The number of pyridine rings is 1. The molecule has 0 aromatic carbocycles. The molecule has 0 N–H and O–H groups in total. The van der Waals surface area contributed by atoms with Gasteiger partial charge in [-0.05, 0) is 36.6 Å². The Hall–Kier alpha value is -2.28. The van der Waals surface area contributed by atoms with Crippen molar-refractivity contribution < 1.29 is 4.39 Å². The van der Waals surface area contributed by atoms with Gasteiger partial charge in [-0.2, -0.15) is 5.10 Å². The molecule has 100 valence electrons. The Morgan fingerprint density at radius 1 is 1.05 bits per heavy atom. The first kappa shape index (κ1) is 12.7. The molecular formula is C13H10FN5S. The third-order valence-electron chi connectivity index (χ3n) is 2.65. The quantitative estimate of drug-likeness (QED) is 0.693. The van der Waals surface area contributed by atoms with Crippen molar-refractivity contribution >= 4 is 11.8 Å². The summed E-state index contributed by atoms with van der Waals surface area (Å²) in [5.41, 5.74) is 1.37. The van der Waals surface area contributed by atoms with E-state index in [2.05, 4.69) is 20.3 Å². The maximum Gasteiger partial charge on any atom is 0.153 e. The number of aromatic nitrogens is 5. The zero-order valence-electron chi connectivity index (χ0n) is 10.6. The number of hydrogen-bond acceptors (Lipinski definition) is 5. The lowest BCUT2D eigenvalue weighted by Gasteiger charge is -1.99. The van der Waals surface area contributed by atoms with Gasteiger partial charge >= 0.3 is 0 Å². The number of rotatable bonds is 3. The second kappa shape index (κ2) is 5.38. The van der Waals surface area contributed by atoms with Crippen LogP contribution in [0.5, 0.6) is 0 Å². The molecule has 0 fully saturated rings. The molecule has 3 aromatic rings. The van der Waals surface area contributed by atoms with E-state index in [0.29, 0.717) is 17.2 Å². The van der Waals surface area contributed by atoms with Gasteiger partial charge in [-0.25, -0.2) is 14.1 Å². The van der Waals surface area contributed by atoms with Crippen LogP contribution in [-0.4, -0.2) is 31.2 Å². The average Bonchev–Trinajstić information content (AvgIpc) is 2.98. The fourth-order valence-electron chi connectivity index (χ4n) is 1.66. The van der Waals surface area contributed by atoms with Crippen molar-refractivity contribution in [3.8, 4) is 17.2 Å². The highest BCUT2D eigenvalue weighted by molar-refractivity contribution is 7.98. The van der Waals surface area contributed by atoms with E-state index in [-0.39, 0.29) is 5.82 Å². The van der Waals surface area contributed by atoms with Gasteiger partial charge in [0.05, 0.1) is 6.20 Å². The SMILES string of the molecule is CSc1ccc(-c2ccn(-c3ccc(F)cn3)n2)nn1. The fourth-order valence-corrected chi connectivity index (χ4v) is 1.98. The third-order valence-corrected chi connectivity index (χ3v) is 3.28. The summed E-state index contributed by atoms with van der Waals surface area (Å²) in [6.07, 6.45) is 4.85. The second-order valence-corrected chi connectivity index (χ2v) is 4.77. The molecule has 3 heterocycles. The number of halogens is 1. The highest BCUT2D eigenvalue weighted by Crippen LogP contribution is 2.17. The van der Waals surface area contributed by atoms with Crippen LogP contribution in [0.3, 0.4) is 0 Å². The molecule has 0 aliphatic carbocycles. The number of nitrogens with zero attached hydrogens (tertiary/aromatic N) is 5. The first-order valence-corrected chi connectivity index (χ1v) is 7.04. The largest absolute Gasteiger partial charge is 0.234 e. The Morgan fingerprint density at radius 3 is 2.60 bits per heavy atom. The topological polar surface area (TPSA) is 56.5 Å². The highest BCUT2D eigenvalue weighted by Gasteiger charge is 2.07. The molecule has 7 heteroatoms. The van der Waals surface area contributed by atoms with Crippen molar-refractivity contribution in [2.24, 2.45) is 0 Å². The Bertz CT molecular complexity index is 708. The zero-order valence-corrected chi connectivity index (χ0v) is 11.4. The smallest absolute Gasteiger partial charge is 0.153 e. The van der Waals surface area contributed by atoms with Crippen LogP contribution in [-0.2, 0) is 0 Å². The number of hydrogen-bond donors (Lipinski definition) is 0. The molecular weight excluding hydrogens is 277 g/mol. The van der Waals surface area contributed by atoms with Gasteiger partial charge in [0.1, 0.15) is 22.2 Å². The molecule has 3 aromatic heterocycles. The molecule has 20 heavy (non-hydrogen) atoms. The van der Waals surface area contributed by atoms with Crippen molar-refractivity contribution in [1.82, 2.24) is 25.0 Å². The summed E-state index contributed by atoms with van der Waals surface area (Å²) in [5, 5.41) is 13.4. The molecule has 0 atom stereocenters. The monoisotopic (exact) mass is 287 g/mol. The summed E-state index contributed by atoms with van der Waals surface area (Å²) in [4.78, 5) is 3.97. The van der Waals surface area contributed by atoms with Gasteiger partial charge in [-0.3, -0.25) is 0 Å². The molecule has 3 rings (SSSR count). The Labute approximate surface area is 118 Å². The van der Waals surface area contributed by atoms with Gasteiger partial charge in [0.2, 0.25) is 0 Å². The molecule has 0 spiro atoms. The zero-order chi connectivity index (χ0) is 13.9. The second-order valence-electron chi connectivity index (χ2n) is 3.94. The predicted molar refractivity (Wildman–Crippen MR) is 74.1 cm³/mol. The van der Waals surface area contributed by atoms with Gasteiger partial charge in [0.25, 0.3) is 0 Å². The summed E-state index contributed by atoms with van der Waals surface area (Å²) in [5.74, 6) is 0.172. The van der Waals surface area contributed by atoms with Gasteiger partial charge in [0.15, 0.2) is 5.82 Å². The molecule has 0 bridgehead atoms. The van der Waals surface area contributed by atoms with Crippen LogP contribution in [0, 0.1) is 5.82 Å². The van der Waals surface area contributed by atoms with Gasteiger partial charge < -0.3 is 0 Å². The van der Waals surface area contributed by atoms with Crippen molar-refractivity contribution in [3.63, 3.8) is 0 Å². The van der Waals surface area contributed by atoms with E-state index in [1.807, 2.05) is 24.5 Å². The summed E-state index contributed by atoms with van der Waals surface area (Å²) < 4.78 is 14.4. The van der Waals surface area contributed by atoms with E-state index in [1.165, 1.54) is 17.8 Å². The molecule has 0 saturated heterocycles. The van der Waals surface area contributed by atoms with E-state index in [1.54, 1.807) is 16.9 Å². The van der Waals surface area contributed by atoms with Gasteiger partial charge in [-0.15, -0.1) is 22.0 Å². The highest BCUT2D eigenvalue weighted by atomic mass is 32.2. The lowest BCUT2D eigenvalue weighted by molar-refractivity contribution is 0.619. The summed E-state index contributed by atoms with van der Waals surface area (Å²) in [6, 6.07) is 8.48. The average molecular weight is 287 g/mol. The Kier molecular flexibility index (Phi) is 3.42. The summed E-state index contributed by atoms with van der Waals surface area (Å²) in [7, 11) is 0. The molecule has 0 amide bonds. The normalized spacial score (nSPS) is 10.7. The van der Waals surface area contributed by atoms with Crippen LogP contribution >= 0.6 is 11.8 Å². The maximum absolute atomic E-state index is 12.8. The van der Waals surface area contributed by atoms with Crippen molar-refractivity contribution in [1.29, 1.82) is 0 Å². The van der Waals surface area contributed by atoms with Crippen LogP contribution in [0.1, 0.15) is 0 Å². The standard InChI is InChI=1S/C13H10FN5S/c1-20-13-5-3-10(16-17-13)11-6-7-19(18-11)12-4-2-9(14)8-15-12/h2-8H,1H3. The van der Waals surface area contributed by atoms with Crippen LogP contribution in [0.25, 0.3) is 17.2 Å². The first-order valence-electron chi connectivity index (χ1n) is 5.82. The van der Waals surface area contributed by atoms with Crippen LogP contribution in [0.2, 0.25) is 0 Å². The molecule has 0 saturated carbocycles. The van der Waals surface area contributed by atoms with Crippen LogP contribution in [0.4, 0.5) is 4.39 Å². The fraction of sp³-hybridized carbons (Fsp3) is 0.0769. The Balaban J connectivity index is 1.91. The minimum Gasteiger partial charge on any atom is -0.234 e. The lowest BCUT2D eigenvalue weighted by atomic mass is 10.3. The van der Waals surface area contributed by atoms with E-state index in [4.69, 9.17) is 0 Å². The van der Waals surface area contributed by atoms with Crippen LogP contribution in [0.15, 0.2) is 47.8 Å². The summed E-state index contributed by atoms with van der Waals surface area (Å²) in [6.45, 7) is 0. The molecule has 5 nitrogen and oxygen atoms in total. The minimum atomic E-state index is -0.375. The van der Waals surface area contributed by atoms with Crippen molar-refractivity contribution in [2.75, 3.05) is 6.26 Å². The molecule has 0 aliphatic rings.